The number of carboxylic acids is 1. The molecule has 2 amide bonds. The van der Waals surface area contributed by atoms with Gasteiger partial charge in [-0.1, -0.05) is 12.1 Å². The molecule has 7 nitrogen and oxygen atoms in total. The van der Waals surface area contributed by atoms with Crippen molar-refractivity contribution in [3.63, 3.8) is 0 Å². The Morgan fingerprint density at radius 3 is 2.45 bits per heavy atom. The fourth-order valence-electron chi connectivity index (χ4n) is 1.51. The normalized spacial score (nSPS) is 9.85. The van der Waals surface area contributed by atoms with Gasteiger partial charge in [-0.2, -0.15) is 0 Å². The van der Waals surface area contributed by atoms with Crippen LogP contribution in [0.2, 0.25) is 0 Å². The molecule has 0 radical (unpaired) electrons. The molecule has 1 aromatic carbocycles. The smallest absolute Gasteiger partial charge is 0.337 e. The maximum Gasteiger partial charge on any atom is 0.337 e. The van der Waals surface area contributed by atoms with E-state index in [1.54, 1.807) is 6.07 Å². The lowest BCUT2D eigenvalue weighted by atomic mass is 10.2. The quantitative estimate of drug-likeness (QED) is 0.437. The zero-order valence-electron chi connectivity index (χ0n) is 10.9. The number of carbonyl (C=O) groups excluding carboxylic acids is 2. The summed E-state index contributed by atoms with van der Waals surface area (Å²) in [6.07, 6.45) is 1.44. The summed E-state index contributed by atoms with van der Waals surface area (Å²) in [5, 5.41) is 13.7. The fourth-order valence-corrected chi connectivity index (χ4v) is 1.51. The summed E-state index contributed by atoms with van der Waals surface area (Å²) in [6, 6.07) is 5.87. The lowest BCUT2D eigenvalue weighted by Gasteiger charge is -2.08. The van der Waals surface area contributed by atoms with Gasteiger partial charge in [0, 0.05) is 6.54 Å². The maximum absolute atomic E-state index is 11.6. The molecule has 0 unspecified atom stereocenters. The van der Waals surface area contributed by atoms with Crippen LogP contribution >= 0.6 is 0 Å². The summed E-state index contributed by atoms with van der Waals surface area (Å²) in [7, 11) is 0. The van der Waals surface area contributed by atoms with E-state index in [0.717, 1.165) is 6.42 Å². The molecule has 1 rings (SSSR count). The van der Waals surface area contributed by atoms with Crippen LogP contribution in [0.3, 0.4) is 0 Å². The number of hydrogen-bond donors (Lipinski definition) is 4. The minimum atomic E-state index is -1.18. The van der Waals surface area contributed by atoms with E-state index in [4.69, 9.17) is 10.8 Å². The van der Waals surface area contributed by atoms with Gasteiger partial charge in [0.15, 0.2) is 0 Å². The number of benzene rings is 1. The van der Waals surface area contributed by atoms with Gasteiger partial charge in [-0.15, -0.1) is 0 Å². The minimum Gasteiger partial charge on any atom is -0.478 e. The van der Waals surface area contributed by atoms with Crippen molar-refractivity contribution in [1.29, 1.82) is 0 Å². The van der Waals surface area contributed by atoms with Gasteiger partial charge in [-0.05, 0) is 31.5 Å². The summed E-state index contributed by atoms with van der Waals surface area (Å²) in [5.74, 6) is -2.88. The first-order valence-corrected chi connectivity index (χ1v) is 6.18. The number of rotatable bonds is 6. The van der Waals surface area contributed by atoms with Crippen LogP contribution < -0.4 is 16.4 Å². The molecule has 0 heterocycles. The molecule has 108 valence electrons. The van der Waals surface area contributed by atoms with Crippen molar-refractivity contribution >= 4 is 23.5 Å². The van der Waals surface area contributed by atoms with E-state index in [0.29, 0.717) is 19.5 Å². The van der Waals surface area contributed by atoms with Crippen LogP contribution in [0.4, 0.5) is 5.69 Å². The number of para-hydroxylation sites is 1. The predicted molar refractivity (Wildman–Crippen MR) is 73.3 cm³/mol. The molecule has 0 atom stereocenters. The number of nitrogens with two attached hydrogens (primary N) is 1. The van der Waals surface area contributed by atoms with Crippen LogP contribution in [0.15, 0.2) is 24.3 Å². The van der Waals surface area contributed by atoms with Crippen molar-refractivity contribution in [1.82, 2.24) is 5.32 Å². The average Bonchev–Trinajstić information content (AvgIpc) is 2.43. The zero-order chi connectivity index (χ0) is 15.0. The first kappa shape index (κ1) is 15.6. The maximum atomic E-state index is 11.6. The molecule has 0 bridgehead atoms. The summed E-state index contributed by atoms with van der Waals surface area (Å²) < 4.78 is 0. The van der Waals surface area contributed by atoms with E-state index < -0.39 is 17.8 Å². The molecule has 0 spiro atoms. The van der Waals surface area contributed by atoms with Crippen LogP contribution in [0.5, 0.6) is 0 Å². The van der Waals surface area contributed by atoms with Crippen LogP contribution in [0.25, 0.3) is 0 Å². The van der Waals surface area contributed by atoms with E-state index in [-0.39, 0.29) is 11.3 Å². The van der Waals surface area contributed by atoms with Gasteiger partial charge >= 0.3 is 17.8 Å². The van der Waals surface area contributed by atoms with E-state index in [1.807, 2.05) is 0 Å². The molecule has 1 aromatic rings. The van der Waals surface area contributed by atoms with Crippen molar-refractivity contribution in [3.05, 3.63) is 29.8 Å². The number of unbranched alkanes of at least 4 members (excludes halogenated alkanes) is 1. The minimum absolute atomic E-state index is 0.0724. The number of carbonyl (C=O) groups is 3. The lowest BCUT2D eigenvalue weighted by Crippen LogP contribution is -2.36. The molecule has 0 saturated carbocycles. The van der Waals surface area contributed by atoms with Crippen molar-refractivity contribution < 1.29 is 19.5 Å². The van der Waals surface area contributed by atoms with Crippen molar-refractivity contribution in [3.8, 4) is 0 Å². The van der Waals surface area contributed by atoms with Gasteiger partial charge in [-0.3, -0.25) is 9.59 Å². The van der Waals surface area contributed by atoms with Crippen LogP contribution in [-0.4, -0.2) is 36.0 Å². The summed E-state index contributed by atoms with van der Waals surface area (Å²) >= 11 is 0. The molecule has 0 aliphatic heterocycles. The second-order valence-electron chi connectivity index (χ2n) is 4.06. The van der Waals surface area contributed by atoms with E-state index >= 15 is 0 Å². The molecule has 20 heavy (non-hydrogen) atoms. The molecule has 5 N–H and O–H groups in total. The first-order valence-electron chi connectivity index (χ1n) is 6.18. The van der Waals surface area contributed by atoms with Crippen LogP contribution in [-0.2, 0) is 9.59 Å². The molecule has 0 aromatic heterocycles. The Bertz CT molecular complexity index is 502. The Morgan fingerprint density at radius 2 is 1.80 bits per heavy atom. The van der Waals surface area contributed by atoms with Crippen LogP contribution in [0.1, 0.15) is 23.2 Å². The zero-order valence-corrected chi connectivity index (χ0v) is 10.9. The highest BCUT2D eigenvalue weighted by Gasteiger charge is 2.16. The van der Waals surface area contributed by atoms with Gasteiger partial charge < -0.3 is 21.5 Å². The Labute approximate surface area is 116 Å². The highest BCUT2D eigenvalue weighted by Crippen LogP contribution is 2.14. The molecule has 0 aliphatic carbocycles. The molecule has 0 aliphatic rings. The third-order valence-electron chi connectivity index (χ3n) is 2.53. The molecular formula is C13H17N3O4. The number of amides is 2. The van der Waals surface area contributed by atoms with E-state index in [2.05, 4.69) is 10.6 Å². The van der Waals surface area contributed by atoms with E-state index in [1.165, 1.54) is 18.2 Å². The molecule has 0 saturated heterocycles. The number of nitrogens with one attached hydrogen (secondary N) is 2. The summed E-state index contributed by atoms with van der Waals surface area (Å²) in [5.41, 5.74) is 5.32. The Balaban J connectivity index is 2.58. The lowest BCUT2D eigenvalue weighted by molar-refractivity contribution is -0.136. The Kier molecular flexibility index (Phi) is 6.18. The third kappa shape index (κ3) is 4.69. The summed E-state index contributed by atoms with van der Waals surface area (Å²) in [6.45, 7) is 0.873. The summed E-state index contributed by atoms with van der Waals surface area (Å²) in [4.78, 5) is 34.1. The molecule has 0 fully saturated rings. The second-order valence-corrected chi connectivity index (χ2v) is 4.06. The monoisotopic (exact) mass is 279 g/mol. The van der Waals surface area contributed by atoms with Gasteiger partial charge in [0.05, 0.1) is 11.3 Å². The largest absolute Gasteiger partial charge is 0.478 e. The first-order chi connectivity index (χ1) is 9.56. The van der Waals surface area contributed by atoms with E-state index in [9.17, 15) is 14.4 Å². The number of anilines is 1. The molecule has 7 heteroatoms. The second kappa shape index (κ2) is 7.90. The third-order valence-corrected chi connectivity index (χ3v) is 2.53. The SMILES string of the molecule is NCCCCNC(=O)C(=O)Nc1ccccc1C(=O)O. The average molecular weight is 279 g/mol. The topological polar surface area (TPSA) is 122 Å². The standard InChI is InChI=1S/C13H17N3O4/c14-7-3-4-8-15-11(17)12(18)16-10-6-2-1-5-9(10)13(19)20/h1-2,5-6H,3-4,7-8,14H2,(H,15,17)(H,16,18)(H,19,20). The Morgan fingerprint density at radius 1 is 1.10 bits per heavy atom. The predicted octanol–water partition coefficient (Wildman–Crippen LogP) is 0.178. The highest BCUT2D eigenvalue weighted by atomic mass is 16.4. The van der Waals surface area contributed by atoms with Gasteiger partial charge in [0.1, 0.15) is 0 Å². The Hall–Kier alpha value is -2.41. The van der Waals surface area contributed by atoms with Crippen molar-refractivity contribution in [2.45, 2.75) is 12.8 Å². The molecular weight excluding hydrogens is 262 g/mol. The van der Waals surface area contributed by atoms with Crippen molar-refractivity contribution in [2.24, 2.45) is 5.73 Å². The van der Waals surface area contributed by atoms with Crippen LogP contribution in [0, 0.1) is 0 Å². The highest BCUT2D eigenvalue weighted by molar-refractivity contribution is 6.39. The number of hydrogen-bond acceptors (Lipinski definition) is 4. The van der Waals surface area contributed by atoms with Gasteiger partial charge in [-0.25, -0.2) is 4.79 Å². The van der Waals surface area contributed by atoms with Gasteiger partial charge in [0.2, 0.25) is 0 Å². The van der Waals surface area contributed by atoms with Crippen molar-refractivity contribution in [2.75, 3.05) is 18.4 Å². The number of carboxylic acid groups (broad SMARTS) is 1. The fraction of sp³-hybridized carbons (Fsp3) is 0.308. The van der Waals surface area contributed by atoms with Gasteiger partial charge in [0.25, 0.3) is 0 Å². The number of aromatic carboxylic acids is 1.